The molecule has 0 spiro atoms. The number of ether oxygens (including phenoxy) is 1. The van der Waals surface area contributed by atoms with Gasteiger partial charge in [0.1, 0.15) is 11.9 Å². The summed E-state index contributed by atoms with van der Waals surface area (Å²) < 4.78 is 33.8. The summed E-state index contributed by atoms with van der Waals surface area (Å²) in [6.07, 6.45) is 1.55. The fourth-order valence-electron chi connectivity index (χ4n) is 2.67. The molecule has 0 saturated carbocycles. The number of para-hydroxylation sites is 1. The zero-order valence-electron chi connectivity index (χ0n) is 12.6. The number of benzene rings is 2. The van der Waals surface area contributed by atoms with Crippen LogP contribution in [0.15, 0.2) is 64.0 Å². The van der Waals surface area contributed by atoms with Crippen molar-refractivity contribution < 1.29 is 13.2 Å². The molecule has 1 heterocycles. The predicted octanol–water partition coefficient (Wildman–Crippen LogP) is 3.68. The number of nitrogens with zero attached hydrogens (tertiary/aromatic N) is 1. The Morgan fingerprint density at radius 2 is 1.74 bits per heavy atom. The van der Waals surface area contributed by atoms with E-state index in [0.29, 0.717) is 18.0 Å². The van der Waals surface area contributed by atoms with Gasteiger partial charge in [0.15, 0.2) is 0 Å². The molecule has 1 fully saturated rings. The van der Waals surface area contributed by atoms with Gasteiger partial charge in [0.2, 0.25) is 10.0 Å². The molecule has 2 aromatic carbocycles. The van der Waals surface area contributed by atoms with E-state index in [9.17, 15) is 8.42 Å². The van der Waals surface area contributed by atoms with Gasteiger partial charge in [-0.05, 0) is 49.2 Å². The number of rotatable bonds is 4. The van der Waals surface area contributed by atoms with Gasteiger partial charge < -0.3 is 4.74 Å². The van der Waals surface area contributed by atoms with Gasteiger partial charge in [0.05, 0.1) is 11.4 Å². The zero-order valence-corrected chi connectivity index (χ0v) is 15.0. The SMILES string of the molecule is O=S(=O)(c1ccc(Br)cc1)N1CCCC(Oc2ccccc2)C1. The molecule has 2 aromatic rings. The number of hydrogen-bond acceptors (Lipinski definition) is 3. The van der Waals surface area contributed by atoms with Crippen LogP contribution < -0.4 is 4.74 Å². The monoisotopic (exact) mass is 395 g/mol. The minimum atomic E-state index is -3.47. The molecule has 6 heteroatoms. The fourth-order valence-corrected chi connectivity index (χ4v) is 4.44. The second-order valence-corrected chi connectivity index (χ2v) is 8.37. The Morgan fingerprint density at radius 3 is 2.43 bits per heavy atom. The summed E-state index contributed by atoms with van der Waals surface area (Å²) in [5.74, 6) is 0.778. The third kappa shape index (κ3) is 3.94. The average Bonchev–Trinajstić information content (AvgIpc) is 2.56. The van der Waals surface area contributed by atoms with Gasteiger partial charge in [-0.3, -0.25) is 0 Å². The lowest BCUT2D eigenvalue weighted by Gasteiger charge is -2.32. The second-order valence-electron chi connectivity index (χ2n) is 5.51. The van der Waals surface area contributed by atoms with Crippen molar-refractivity contribution in [2.24, 2.45) is 0 Å². The van der Waals surface area contributed by atoms with E-state index >= 15 is 0 Å². The summed E-state index contributed by atoms with van der Waals surface area (Å²) in [4.78, 5) is 0.320. The first-order valence-electron chi connectivity index (χ1n) is 7.53. The first kappa shape index (κ1) is 16.5. The number of hydrogen-bond donors (Lipinski definition) is 0. The number of sulfonamides is 1. The van der Waals surface area contributed by atoms with E-state index in [4.69, 9.17) is 4.74 Å². The highest BCUT2D eigenvalue weighted by Gasteiger charge is 2.31. The molecule has 3 rings (SSSR count). The van der Waals surface area contributed by atoms with Crippen LogP contribution in [0.1, 0.15) is 12.8 Å². The van der Waals surface area contributed by atoms with Gasteiger partial charge in [-0.1, -0.05) is 34.1 Å². The van der Waals surface area contributed by atoms with Gasteiger partial charge in [-0.15, -0.1) is 0 Å². The van der Waals surface area contributed by atoms with Crippen molar-refractivity contribution in [3.05, 3.63) is 59.1 Å². The van der Waals surface area contributed by atoms with E-state index in [2.05, 4.69) is 15.9 Å². The molecule has 1 saturated heterocycles. The van der Waals surface area contributed by atoms with Crippen molar-refractivity contribution in [3.8, 4) is 5.75 Å². The van der Waals surface area contributed by atoms with E-state index in [1.165, 1.54) is 4.31 Å². The molecular formula is C17H18BrNO3S. The molecule has 0 amide bonds. The van der Waals surface area contributed by atoms with Crippen molar-refractivity contribution >= 4 is 26.0 Å². The molecule has 0 aromatic heterocycles. The van der Waals surface area contributed by atoms with Crippen LogP contribution in [0.2, 0.25) is 0 Å². The van der Waals surface area contributed by atoms with Gasteiger partial charge in [-0.2, -0.15) is 4.31 Å². The van der Waals surface area contributed by atoms with Crippen LogP contribution in [-0.2, 0) is 10.0 Å². The largest absolute Gasteiger partial charge is 0.489 e. The van der Waals surface area contributed by atoms with Gasteiger partial charge >= 0.3 is 0 Å². The smallest absolute Gasteiger partial charge is 0.243 e. The maximum Gasteiger partial charge on any atom is 0.243 e. The Hall–Kier alpha value is -1.37. The van der Waals surface area contributed by atoms with Crippen LogP contribution in [0.25, 0.3) is 0 Å². The Kier molecular flexibility index (Phi) is 5.04. The highest BCUT2D eigenvalue weighted by Crippen LogP contribution is 2.24. The predicted molar refractivity (Wildman–Crippen MR) is 93.0 cm³/mol. The molecule has 0 N–H and O–H groups in total. The lowest BCUT2D eigenvalue weighted by atomic mass is 10.1. The van der Waals surface area contributed by atoms with Gasteiger partial charge in [0.25, 0.3) is 0 Å². The van der Waals surface area contributed by atoms with E-state index < -0.39 is 10.0 Å². The summed E-state index contributed by atoms with van der Waals surface area (Å²) in [7, 11) is -3.47. The van der Waals surface area contributed by atoms with Crippen LogP contribution in [0, 0.1) is 0 Å². The van der Waals surface area contributed by atoms with E-state index in [0.717, 1.165) is 23.1 Å². The lowest BCUT2D eigenvalue weighted by Crippen LogP contribution is -2.44. The first-order chi connectivity index (χ1) is 11.1. The van der Waals surface area contributed by atoms with Crippen molar-refractivity contribution in [1.82, 2.24) is 4.31 Å². The minimum Gasteiger partial charge on any atom is -0.489 e. The molecule has 1 atom stereocenters. The van der Waals surface area contributed by atoms with E-state index in [1.807, 2.05) is 30.3 Å². The Morgan fingerprint density at radius 1 is 1.04 bits per heavy atom. The molecule has 1 aliphatic rings. The van der Waals surface area contributed by atoms with Crippen LogP contribution in [0.3, 0.4) is 0 Å². The second kappa shape index (κ2) is 7.03. The zero-order chi connectivity index (χ0) is 16.3. The van der Waals surface area contributed by atoms with Crippen LogP contribution in [0.4, 0.5) is 0 Å². The van der Waals surface area contributed by atoms with Crippen molar-refractivity contribution in [2.75, 3.05) is 13.1 Å². The molecule has 0 aliphatic carbocycles. The third-order valence-electron chi connectivity index (χ3n) is 3.84. The van der Waals surface area contributed by atoms with Crippen molar-refractivity contribution in [1.29, 1.82) is 0 Å². The maximum atomic E-state index is 12.8. The lowest BCUT2D eigenvalue weighted by molar-refractivity contribution is 0.130. The number of halogens is 1. The minimum absolute atomic E-state index is 0.114. The topological polar surface area (TPSA) is 46.6 Å². The maximum absolute atomic E-state index is 12.8. The molecule has 1 unspecified atom stereocenters. The molecule has 122 valence electrons. The summed E-state index contributed by atoms with van der Waals surface area (Å²) in [5.41, 5.74) is 0. The van der Waals surface area contributed by atoms with Gasteiger partial charge in [0, 0.05) is 11.0 Å². The standard InChI is InChI=1S/C17H18BrNO3S/c18-14-8-10-17(11-9-14)23(20,21)19-12-4-7-16(13-19)22-15-5-2-1-3-6-15/h1-3,5-6,8-11,16H,4,7,12-13H2. The van der Waals surface area contributed by atoms with Crippen molar-refractivity contribution in [3.63, 3.8) is 0 Å². The molecule has 1 aliphatic heterocycles. The van der Waals surface area contributed by atoms with E-state index in [1.54, 1.807) is 24.3 Å². The Balaban J connectivity index is 1.74. The highest BCUT2D eigenvalue weighted by atomic mass is 79.9. The van der Waals surface area contributed by atoms with Crippen LogP contribution in [0.5, 0.6) is 5.75 Å². The van der Waals surface area contributed by atoms with Crippen LogP contribution >= 0.6 is 15.9 Å². The summed E-state index contributed by atoms with van der Waals surface area (Å²) in [6.45, 7) is 0.917. The number of piperidine rings is 1. The first-order valence-corrected chi connectivity index (χ1v) is 9.76. The molecule has 0 radical (unpaired) electrons. The summed E-state index contributed by atoms with van der Waals surface area (Å²) in [5, 5.41) is 0. The Labute approximate surface area is 145 Å². The van der Waals surface area contributed by atoms with Gasteiger partial charge in [-0.25, -0.2) is 8.42 Å². The van der Waals surface area contributed by atoms with Crippen molar-refractivity contribution in [2.45, 2.75) is 23.8 Å². The normalized spacial score (nSPS) is 19.4. The highest BCUT2D eigenvalue weighted by molar-refractivity contribution is 9.10. The fraction of sp³-hybridized carbons (Fsp3) is 0.294. The molecule has 0 bridgehead atoms. The molecule has 23 heavy (non-hydrogen) atoms. The van der Waals surface area contributed by atoms with Crippen LogP contribution in [-0.4, -0.2) is 31.9 Å². The quantitative estimate of drug-likeness (QED) is 0.792. The third-order valence-corrected chi connectivity index (χ3v) is 6.25. The molecule has 4 nitrogen and oxygen atoms in total. The summed E-state index contributed by atoms with van der Waals surface area (Å²) in [6, 6.07) is 16.3. The molecular weight excluding hydrogens is 378 g/mol. The van der Waals surface area contributed by atoms with E-state index in [-0.39, 0.29) is 6.10 Å². The summed E-state index contributed by atoms with van der Waals surface area (Å²) >= 11 is 3.33. The average molecular weight is 396 g/mol. The Bertz CT molecular complexity index is 747.